The van der Waals surface area contributed by atoms with Gasteiger partial charge in [0.05, 0.1) is 5.56 Å². The van der Waals surface area contributed by atoms with Gasteiger partial charge in [0, 0.05) is 25.8 Å². The summed E-state index contributed by atoms with van der Waals surface area (Å²) in [5.41, 5.74) is 1.11. The van der Waals surface area contributed by atoms with Gasteiger partial charge in [0.25, 0.3) is 15.9 Å². The number of carbonyl (C=O) groups is 2. The molecule has 0 aromatic heterocycles. The Morgan fingerprint density at radius 1 is 1.08 bits per heavy atom. The zero-order chi connectivity index (χ0) is 18.7. The fourth-order valence-corrected chi connectivity index (χ4v) is 4.27. The average molecular weight is 373 g/mol. The van der Waals surface area contributed by atoms with E-state index in [-0.39, 0.29) is 10.5 Å². The molecule has 0 atom stereocenters. The third-order valence-electron chi connectivity index (χ3n) is 4.17. The van der Waals surface area contributed by atoms with Crippen LogP contribution < -0.4 is 10.2 Å². The summed E-state index contributed by atoms with van der Waals surface area (Å²) in [7, 11) is -2.07. The molecule has 1 aliphatic rings. The van der Waals surface area contributed by atoms with E-state index in [2.05, 4.69) is 5.32 Å². The predicted octanol–water partition coefficient (Wildman–Crippen LogP) is 1.08. The van der Waals surface area contributed by atoms with Crippen molar-refractivity contribution in [3.05, 3.63) is 60.2 Å². The van der Waals surface area contributed by atoms with Crippen LogP contribution >= 0.6 is 0 Å². The number of sulfonamides is 1. The van der Waals surface area contributed by atoms with Crippen LogP contribution in [0.2, 0.25) is 0 Å². The van der Waals surface area contributed by atoms with E-state index in [0.717, 1.165) is 5.69 Å². The van der Waals surface area contributed by atoms with Crippen LogP contribution in [0.4, 0.5) is 5.69 Å². The summed E-state index contributed by atoms with van der Waals surface area (Å²) < 4.78 is 25.4. The lowest BCUT2D eigenvalue weighted by Crippen LogP contribution is -2.42. The molecule has 0 fully saturated rings. The molecule has 0 aliphatic carbocycles. The first-order valence-electron chi connectivity index (χ1n) is 8.10. The first-order valence-corrected chi connectivity index (χ1v) is 9.54. The van der Waals surface area contributed by atoms with Gasteiger partial charge in [0.2, 0.25) is 5.91 Å². The van der Waals surface area contributed by atoms with Crippen molar-refractivity contribution in [3.8, 4) is 0 Å². The fourth-order valence-electron chi connectivity index (χ4n) is 2.75. The molecule has 1 N–H and O–H groups in total. The molecular weight excluding hydrogens is 354 g/mol. The van der Waals surface area contributed by atoms with E-state index < -0.39 is 28.4 Å². The minimum Gasteiger partial charge on any atom is -0.373 e. The van der Waals surface area contributed by atoms with E-state index in [9.17, 15) is 18.0 Å². The average Bonchev–Trinajstić information content (AvgIpc) is 2.83. The summed E-state index contributed by atoms with van der Waals surface area (Å²) >= 11 is 0. The summed E-state index contributed by atoms with van der Waals surface area (Å²) in [6.07, 6.45) is 0. The number of amides is 2. The molecule has 26 heavy (non-hydrogen) atoms. The number of hydrogen-bond donors (Lipinski definition) is 1. The molecule has 2 amide bonds. The number of carbonyl (C=O) groups excluding carboxylic acids is 2. The van der Waals surface area contributed by atoms with Gasteiger partial charge in [-0.25, -0.2) is 12.7 Å². The maximum atomic E-state index is 12.4. The number of rotatable bonds is 6. The van der Waals surface area contributed by atoms with Gasteiger partial charge in [-0.05, 0) is 24.3 Å². The number of anilines is 1. The lowest BCUT2D eigenvalue weighted by Gasteiger charge is -2.20. The maximum Gasteiger partial charge on any atom is 0.269 e. The van der Waals surface area contributed by atoms with Crippen molar-refractivity contribution in [2.45, 2.75) is 4.90 Å². The topological polar surface area (TPSA) is 86.8 Å². The van der Waals surface area contributed by atoms with Crippen molar-refractivity contribution in [3.63, 3.8) is 0 Å². The molecule has 7 nitrogen and oxygen atoms in total. The van der Waals surface area contributed by atoms with Crippen LogP contribution in [0.1, 0.15) is 10.4 Å². The maximum absolute atomic E-state index is 12.4. The van der Waals surface area contributed by atoms with Crippen molar-refractivity contribution in [1.82, 2.24) is 9.62 Å². The van der Waals surface area contributed by atoms with Gasteiger partial charge in [0.1, 0.15) is 11.4 Å². The third kappa shape index (κ3) is 3.41. The van der Waals surface area contributed by atoms with E-state index in [1.54, 1.807) is 12.1 Å². The quantitative estimate of drug-likeness (QED) is 0.819. The minimum atomic E-state index is -3.96. The van der Waals surface area contributed by atoms with E-state index in [1.807, 2.05) is 42.3 Å². The molecule has 3 rings (SSSR count). The molecule has 0 radical (unpaired) electrons. The summed E-state index contributed by atoms with van der Waals surface area (Å²) in [6.45, 7) is 0.362. The Bertz CT molecular complexity index is 928. The Hall–Kier alpha value is -2.87. The highest BCUT2D eigenvalue weighted by Gasteiger charge is 2.41. The monoisotopic (exact) mass is 373 g/mol. The summed E-state index contributed by atoms with van der Waals surface area (Å²) in [5.74, 6) is -1.19. The van der Waals surface area contributed by atoms with Crippen molar-refractivity contribution in [1.29, 1.82) is 0 Å². The Morgan fingerprint density at radius 2 is 1.73 bits per heavy atom. The zero-order valence-electron chi connectivity index (χ0n) is 14.3. The highest BCUT2D eigenvalue weighted by molar-refractivity contribution is 7.90. The van der Waals surface area contributed by atoms with Crippen molar-refractivity contribution < 1.29 is 18.0 Å². The number of para-hydroxylation sites is 1. The molecular formula is C18H19N3O4S. The molecule has 1 heterocycles. The summed E-state index contributed by atoms with van der Waals surface area (Å²) in [4.78, 5) is 26.3. The molecule has 0 saturated heterocycles. The SMILES string of the molecule is CN(CCNC(=O)CN1C(=O)c2ccccc2S1(=O)=O)c1ccccc1. The second-order valence-electron chi connectivity index (χ2n) is 5.92. The second-order valence-corrected chi connectivity index (χ2v) is 7.75. The van der Waals surface area contributed by atoms with Gasteiger partial charge in [-0.3, -0.25) is 9.59 Å². The Kier molecular flexibility index (Phi) is 4.94. The number of likely N-dealkylation sites (N-methyl/N-ethyl adjacent to an activating group) is 1. The number of fused-ring (bicyclic) bond motifs is 1. The predicted molar refractivity (Wildman–Crippen MR) is 97.4 cm³/mol. The smallest absolute Gasteiger partial charge is 0.269 e. The highest BCUT2D eigenvalue weighted by atomic mass is 32.2. The lowest BCUT2D eigenvalue weighted by atomic mass is 10.2. The van der Waals surface area contributed by atoms with E-state index >= 15 is 0 Å². The number of benzene rings is 2. The van der Waals surface area contributed by atoms with E-state index in [1.165, 1.54) is 12.1 Å². The fraction of sp³-hybridized carbons (Fsp3) is 0.222. The first kappa shape index (κ1) is 17.9. The zero-order valence-corrected chi connectivity index (χ0v) is 15.1. The highest BCUT2D eigenvalue weighted by Crippen LogP contribution is 2.29. The van der Waals surface area contributed by atoms with Crippen molar-refractivity contribution >= 4 is 27.5 Å². The molecule has 0 saturated carbocycles. The molecule has 0 unspecified atom stereocenters. The lowest BCUT2D eigenvalue weighted by molar-refractivity contribution is -0.120. The van der Waals surface area contributed by atoms with Crippen LogP contribution in [-0.2, 0) is 14.8 Å². The van der Waals surface area contributed by atoms with Gasteiger partial charge >= 0.3 is 0 Å². The molecule has 0 bridgehead atoms. The van der Waals surface area contributed by atoms with Crippen LogP contribution in [0.5, 0.6) is 0 Å². The van der Waals surface area contributed by atoms with Gasteiger partial charge in [-0.1, -0.05) is 30.3 Å². The first-order chi connectivity index (χ1) is 12.4. The van der Waals surface area contributed by atoms with Crippen molar-refractivity contribution in [2.24, 2.45) is 0 Å². The van der Waals surface area contributed by atoms with E-state index in [4.69, 9.17) is 0 Å². The molecule has 2 aromatic rings. The number of hydrogen-bond acceptors (Lipinski definition) is 5. The molecule has 136 valence electrons. The molecule has 1 aliphatic heterocycles. The summed E-state index contributed by atoms with van der Waals surface area (Å²) in [6, 6.07) is 15.6. The van der Waals surface area contributed by atoms with Gasteiger partial charge in [-0.15, -0.1) is 0 Å². The van der Waals surface area contributed by atoms with Crippen LogP contribution in [0.15, 0.2) is 59.5 Å². The van der Waals surface area contributed by atoms with Crippen LogP contribution in [0, 0.1) is 0 Å². The Morgan fingerprint density at radius 3 is 2.42 bits per heavy atom. The van der Waals surface area contributed by atoms with Gasteiger partial charge in [-0.2, -0.15) is 0 Å². The van der Waals surface area contributed by atoms with Crippen LogP contribution in [0.3, 0.4) is 0 Å². The third-order valence-corrected chi connectivity index (χ3v) is 5.95. The number of nitrogens with zero attached hydrogens (tertiary/aromatic N) is 2. The molecule has 0 spiro atoms. The second kappa shape index (κ2) is 7.17. The van der Waals surface area contributed by atoms with Gasteiger partial charge < -0.3 is 10.2 Å². The molecule has 8 heteroatoms. The van der Waals surface area contributed by atoms with Crippen molar-refractivity contribution in [2.75, 3.05) is 31.6 Å². The largest absolute Gasteiger partial charge is 0.373 e. The normalized spacial score (nSPS) is 14.8. The molecule has 2 aromatic carbocycles. The van der Waals surface area contributed by atoms with E-state index in [0.29, 0.717) is 17.4 Å². The Labute approximate surface area is 152 Å². The standard InChI is InChI=1S/C18H19N3O4S/c1-20(14-7-3-2-4-8-14)12-11-19-17(22)13-21-18(23)15-9-5-6-10-16(15)26(21,24)25/h2-10H,11-13H2,1H3,(H,19,22). The minimum absolute atomic E-state index is 0.0541. The van der Waals surface area contributed by atoms with Gasteiger partial charge in [0.15, 0.2) is 0 Å². The summed E-state index contributed by atoms with van der Waals surface area (Å²) in [5, 5.41) is 2.66. The number of nitrogens with one attached hydrogen (secondary N) is 1. The Balaban J connectivity index is 1.57. The van der Waals surface area contributed by atoms with Crippen LogP contribution in [0.25, 0.3) is 0 Å². The van der Waals surface area contributed by atoms with Crippen LogP contribution in [-0.4, -0.2) is 51.2 Å².